The van der Waals surface area contributed by atoms with E-state index in [0.717, 1.165) is 19.3 Å². The second-order valence-corrected chi connectivity index (χ2v) is 4.40. The van der Waals surface area contributed by atoms with Gasteiger partial charge in [0.2, 0.25) is 5.91 Å². The van der Waals surface area contributed by atoms with Crippen molar-refractivity contribution in [3.05, 3.63) is 0 Å². The Morgan fingerprint density at radius 3 is 2.81 bits per heavy atom. The molecule has 0 bridgehead atoms. The minimum absolute atomic E-state index is 0.0258. The van der Waals surface area contributed by atoms with Crippen molar-refractivity contribution >= 4 is 17.5 Å². The standard InChI is InChI=1S/C11H20ClNO3/c1-15-8-10(2-5-12)13-11(14)9-3-6-16-7-4-9/h9-10H,2-8H2,1H3,(H,13,14). The van der Waals surface area contributed by atoms with Crippen LogP contribution >= 0.6 is 11.6 Å². The fourth-order valence-electron chi connectivity index (χ4n) is 1.81. The number of rotatable bonds is 6. The van der Waals surface area contributed by atoms with E-state index in [0.29, 0.717) is 25.7 Å². The average molecular weight is 250 g/mol. The normalized spacial score (nSPS) is 19.4. The zero-order chi connectivity index (χ0) is 11.8. The minimum Gasteiger partial charge on any atom is -0.383 e. The van der Waals surface area contributed by atoms with Crippen LogP contribution in [0.15, 0.2) is 0 Å². The summed E-state index contributed by atoms with van der Waals surface area (Å²) in [6.45, 7) is 1.88. The Hall–Kier alpha value is -0.320. The van der Waals surface area contributed by atoms with E-state index in [4.69, 9.17) is 21.1 Å². The van der Waals surface area contributed by atoms with Crippen LogP contribution in [-0.2, 0) is 14.3 Å². The van der Waals surface area contributed by atoms with E-state index in [2.05, 4.69) is 5.32 Å². The van der Waals surface area contributed by atoms with Gasteiger partial charge >= 0.3 is 0 Å². The molecule has 1 N–H and O–H groups in total. The van der Waals surface area contributed by atoms with Gasteiger partial charge in [-0.25, -0.2) is 0 Å². The molecule has 1 unspecified atom stereocenters. The lowest BCUT2D eigenvalue weighted by Crippen LogP contribution is -2.43. The number of amides is 1. The summed E-state index contributed by atoms with van der Waals surface area (Å²) in [7, 11) is 1.63. The SMILES string of the molecule is COCC(CCCl)NC(=O)C1CCOCC1. The van der Waals surface area contributed by atoms with Gasteiger partial charge < -0.3 is 14.8 Å². The Morgan fingerprint density at radius 2 is 2.25 bits per heavy atom. The molecule has 0 aromatic heterocycles. The molecule has 0 spiro atoms. The maximum atomic E-state index is 11.9. The van der Waals surface area contributed by atoms with Crippen LogP contribution in [0, 0.1) is 5.92 Å². The summed E-state index contributed by atoms with van der Waals surface area (Å²) in [5, 5.41) is 2.98. The second kappa shape index (κ2) is 7.87. The molecule has 94 valence electrons. The predicted molar refractivity (Wildman–Crippen MR) is 62.7 cm³/mol. The number of halogens is 1. The number of methoxy groups -OCH3 is 1. The number of ether oxygens (including phenoxy) is 2. The van der Waals surface area contributed by atoms with E-state index >= 15 is 0 Å². The third-order valence-electron chi connectivity index (χ3n) is 2.76. The maximum absolute atomic E-state index is 11.9. The van der Waals surface area contributed by atoms with Gasteiger partial charge in [0, 0.05) is 32.1 Å². The lowest BCUT2D eigenvalue weighted by molar-refractivity contribution is -0.129. The van der Waals surface area contributed by atoms with E-state index in [1.807, 2.05) is 0 Å². The highest BCUT2D eigenvalue weighted by Gasteiger charge is 2.23. The highest BCUT2D eigenvalue weighted by molar-refractivity contribution is 6.17. The molecule has 1 amide bonds. The van der Waals surface area contributed by atoms with Crippen molar-refractivity contribution in [2.45, 2.75) is 25.3 Å². The first-order valence-electron chi connectivity index (χ1n) is 5.71. The zero-order valence-electron chi connectivity index (χ0n) is 9.71. The average Bonchev–Trinajstić information content (AvgIpc) is 2.31. The Bertz CT molecular complexity index is 201. The summed E-state index contributed by atoms with van der Waals surface area (Å²) >= 11 is 5.67. The molecule has 0 aromatic rings. The highest BCUT2D eigenvalue weighted by Crippen LogP contribution is 2.15. The highest BCUT2D eigenvalue weighted by atomic mass is 35.5. The summed E-state index contributed by atoms with van der Waals surface area (Å²) < 4.78 is 10.3. The van der Waals surface area contributed by atoms with Crippen LogP contribution in [0.4, 0.5) is 0 Å². The largest absolute Gasteiger partial charge is 0.383 e. The maximum Gasteiger partial charge on any atom is 0.223 e. The quantitative estimate of drug-likeness (QED) is 0.719. The molecular weight excluding hydrogens is 230 g/mol. The van der Waals surface area contributed by atoms with Gasteiger partial charge in [-0.1, -0.05) is 0 Å². The van der Waals surface area contributed by atoms with Crippen molar-refractivity contribution in [3.8, 4) is 0 Å². The molecule has 5 heteroatoms. The lowest BCUT2D eigenvalue weighted by atomic mass is 9.99. The molecule has 1 rings (SSSR count). The van der Waals surface area contributed by atoms with Gasteiger partial charge in [0.25, 0.3) is 0 Å². The topological polar surface area (TPSA) is 47.6 Å². The number of hydrogen-bond acceptors (Lipinski definition) is 3. The van der Waals surface area contributed by atoms with Crippen LogP contribution < -0.4 is 5.32 Å². The van der Waals surface area contributed by atoms with E-state index in [9.17, 15) is 4.79 Å². The van der Waals surface area contributed by atoms with Gasteiger partial charge in [0.15, 0.2) is 0 Å². The second-order valence-electron chi connectivity index (χ2n) is 4.03. The van der Waals surface area contributed by atoms with Gasteiger partial charge in [-0.2, -0.15) is 0 Å². The summed E-state index contributed by atoms with van der Waals surface area (Å²) in [5.74, 6) is 0.723. The molecule has 4 nitrogen and oxygen atoms in total. The summed E-state index contributed by atoms with van der Waals surface area (Å²) in [5.41, 5.74) is 0. The van der Waals surface area contributed by atoms with Gasteiger partial charge in [0.1, 0.15) is 0 Å². The monoisotopic (exact) mass is 249 g/mol. The van der Waals surface area contributed by atoms with Crippen LogP contribution in [0.3, 0.4) is 0 Å². The third kappa shape index (κ3) is 4.68. The van der Waals surface area contributed by atoms with Gasteiger partial charge in [0.05, 0.1) is 12.6 Å². The lowest BCUT2D eigenvalue weighted by Gasteiger charge is -2.24. The fourth-order valence-corrected chi connectivity index (χ4v) is 2.07. The van der Waals surface area contributed by atoms with Crippen molar-refractivity contribution < 1.29 is 14.3 Å². The van der Waals surface area contributed by atoms with Gasteiger partial charge in [-0.05, 0) is 19.3 Å². The molecule has 1 aliphatic heterocycles. The fraction of sp³-hybridized carbons (Fsp3) is 0.909. The Labute approximate surface area is 102 Å². The molecule has 0 aromatic carbocycles. The number of nitrogens with one attached hydrogen (secondary N) is 1. The molecule has 16 heavy (non-hydrogen) atoms. The van der Waals surface area contributed by atoms with Gasteiger partial charge in [-0.3, -0.25) is 4.79 Å². The van der Waals surface area contributed by atoms with Crippen LogP contribution in [0.5, 0.6) is 0 Å². The molecule has 0 radical (unpaired) electrons. The molecule has 0 saturated carbocycles. The molecular formula is C11H20ClNO3. The first-order valence-corrected chi connectivity index (χ1v) is 6.24. The molecule has 1 saturated heterocycles. The number of carbonyl (C=O) groups is 1. The number of alkyl halides is 1. The first kappa shape index (κ1) is 13.7. The molecule has 1 atom stereocenters. The molecule has 1 fully saturated rings. The Morgan fingerprint density at radius 1 is 1.56 bits per heavy atom. The smallest absolute Gasteiger partial charge is 0.223 e. The predicted octanol–water partition coefficient (Wildman–Crippen LogP) is 1.17. The van der Waals surface area contributed by atoms with Crippen molar-refractivity contribution in [2.24, 2.45) is 5.92 Å². The van der Waals surface area contributed by atoms with Crippen molar-refractivity contribution in [2.75, 3.05) is 32.8 Å². The van der Waals surface area contributed by atoms with Crippen LogP contribution in [0.2, 0.25) is 0 Å². The summed E-state index contributed by atoms with van der Waals surface area (Å²) in [6, 6.07) is 0.0258. The Kier molecular flexibility index (Phi) is 6.76. The van der Waals surface area contributed by atoms with Crippen LogP contribution in [0.25, 0.3) is 0 Å². The molecule has 1 heterocycles. The minimum atomic E-state index is 0.0258. The van der Waals surface area contributed by atoms with E-state index in [-0.39, 0.29) is 17.9 Å². The van der Waals surface area contributed by atoms with Crippen LogP contribution in [-0.4, -0.2) is 44.8 Å². The Balaban J connectivity index is 2.33. The first-order chi connectivity index (χ1) is 7.77. The number of hydrogen-bond donors (Lipinski definition) is 1. The molecule has 0 aliphatic carbocycles. The van der Waals surface area contributed by atoms with E-state index < -0.39 is 0 Å². The van der Waals surface area contributed by atoms with Gasteiger partial charge in [-0.15, -0.1) is 11.6 Å². The van der Waals surface area contributed by atoms with Crippen molar-refractivity contribution in [1.82, 2.24) is 5.32 Å². The zero-order valence-corrected chi connectivity index (χ0v) is 10.5. The van der Waals surface area contributed by atoms with E-state index in [1.54, 1.807) is 7.11 Å². The third-order valence-corrected chi connectivity index (χ3v) is 2.98. The number of carbonyl (C=O) groups excluding carboxylic acids is 1. The van der Waals surface area contributed by atoms with Crippen molar-refractivity contribution in [1.29, 1.82) is 0 Å². The van der Waals surface area contributed by atoms with E-state index in [1.165, 1.54) is 0 Å². The summed E-state index contributed by atoms with van der Waals surface area (Å²) in [4.78, 5) is 11.9. The van der Waals surface area contributed by atoms with Crippen molar-refractivity contribution in [3.63, 3.8) is 0 Å². The summed E-state index contributed by atoms with van der Waals surface area (Å²) in [6.07, 6.45) is 2.36. The van der Waals surface area contributed by atoms with Crippen LogP contribution in [0.1, 0.15) is 19.3 Å². The molecule has 1 aliphatic rings.